The molecule has 3 rings (SSSR count). The minimum absolute atomic E-state index is 0.198. The van der Waals surface area contributed by atoms with Gasteiger partial charge in [-0.05, 0) is 12.1 Å². The predicted octanol–water partition coefficient (Wildman–Crippen LogP) is 1.94. The number of methoxy groups -OCH3 is 1. The zero-order valence-electron chi connectivity index (χ0n) is 11.5. The van der Waals surface area contributed by atoms with Crippen LogP contribution in [0.5, 0.6) is 5.75 Å². The Bertz CT molecular complexity index is 648. The minimum Gasteiger partial charge on any atom is -0.495 e. The van der Waals surface area contributed by atoms with Crippen LogP contribution in [0.15, 0.2) is 24.3 Å². The number of carboxylic acid groups (broad SMARTS) is 1. The van der Waals surface area contributed by atoms with Crippen molar-refractivity contribution in [3.05, 3.63) is 30.0 Å². The van der Waals surface area contributed by atoms with Crippen molar-refractivity contribution in [2.75, 3.05) is 20.2 Å². The van der Waals surface area contributed by atoms with E-state index in [-0.39, 0.29) is 6.42 Å². The van der Waals surface area contributed by atoms with Gasteiger partial charge in [0.2, 0.25) is 0 Å². The number of fused-ring (bicyclic) bond motifs is 3. The summed E-state index contributed by atoms with van der Waals surface area (Å²) < 4.78 is 7.73. The molecule has 1 N–H and O–H groups in total. The van der Waals surface area contributed by atoms with Crippen molar-refractivity contribution in [2.24, 2.45) is 0 Å². The third-order valence-corrected chi connectivity index (χ3v) is 3.86. The lowest BCUT2D eigenvalue weighted by atomic mass is 10.2. The molecule has 1 aliphatic heterocycles. The van der Waals surface area contributed by atoms with Gasteiger partial charge in [0.25, 0.3) is 0 Å². The summed E-state index contributed by atoms with van der Waals surface area (Å²) in [6.07, 6.45) is 0.198. The predicted molar refractivity (Wildman–Crippen MR) is 76.0 cm³/mol. The number of benzene rings is 1. The van der Waals surface area contributed by atoms with Gasteiger partial charge in [-0.15, -0.1) is 0 Å². The summed E-state index contributed by atoms with van der Waals surface area (Å²) >= 11 is 0. The van der Waals surface area contributed by atoms with Gasteiger partial charge in [0.05, 0.1) is 19.0 Å². The number of aliphatic carboxylic acids is 1. The fourth-order valence-corrected chi connectivity index (χ4v) is 2.89. The molecule has 20 heavy (non-hydrogen) atoms. The maximum atomic E-state index is 10.7. The average molecular weight is 274 g/mol. The van der Waals surface area contributed by atoms with Crippen LogP contribution in [0.2, 0.25) is 0 Å². The molecule has 0 fully saturated rings. The number of para-hydroxylation sites is 1. The smallest absolute Gasteiger partial charge is 0.304 e. The Hall–Kier alpha value is -2.01. The molecule has 0 radical (unpaired) electrons. The van der Waals surface area contributed by atoms with E-state index in [2.05, 4.69) is 21.6 Å². The van der Waals surface area contributed by atoms with Crippen LogP contribution in [-0.4, -0.2) is 40.7 Å². The van der Waals surface area contributed by atoms with Gasteiger partial charge < -0.3 is 14.4 Å². The van der Waals surface area contributed by atoms with Crippen molar-refractivity contribution in [3.63, 3.8) is 0 Å². The normalized spacial score (nSPS) is 15.2. The number of hydrogen-bond acceptors (Lipinski definition) is 3. The van der Waals surface area contributed by atoms with E-state index >= 15 is 0 Å². The van der Waals surface area contributed by atoms with Crippen molar-refractivity contribution in [3.8, 4) is 5.75 Å². The third-order valence-electron chi connectivity index (χ3n) is 3.86. The Balaban J connectivity index is 1.89. The van der Waals surface area contributed by atoms with E-state index in [1.807, 2.05) is 12.1 Å². The largest absolute Gasteiger partial charge is 0.495 e. The number of aromatic nitrogens is 1. The van der Waals surface area contributed by atoms with E-state index in [4.69, 9.17) is 9.84 Å². The van der Waals surface area contributed by atoms with E-state index in [0.29, 0.717) is 6.54 Å². The maximum absolute atomic E-state index is 10.7. The third kappa shape index (κ3) is 2.25. The first-order valence-corrected chi connectivity index (χ1v) is 6.78. The topological polar surface area (TPSA) is 54.7 Å². The van der Waals surface area contributed by atoms with Crippen LogP contribution >= 0.6 is 0 Å². The molecule has 1 aliphatic rings. The molecule has 2 heterocycles. The SMILES string of the molecule is COc1cccc2cc3n(c12)CCN(CCC(=O)O)C3. The van der Waals surface area contributed by atoms with Crippen LogP contribution in [0.3, 0.4) is 0 Å². The molecule has 5 heteroatoms. The molecule has 0 bridgehead atoms. The Morgan fingerprint density at radius 2 is 2.25 bits per heavy atom. The van der Waals surface area contributed by atoms with Crippen LogP contribution in [-0.2, 0) is 17.9 Å². The zero-order chi connectivity index (χ0) is 14.1. The molecular weight excluding hydrogens is 256 g/mol. The first-order chi connectivity index (χ1) is 9.69. The molecule has 0 unspecified atom stereocenters. The van der Waals surface area contributed by atoms with E-state index in [9.17, 15) is 4.79 Å². The van der Waals surface area contributed by atoms with Crippen molar-refractivity contribution in [1.82, 2.24) is 9.47 Å². The lowest BCUT2D eigenvalue weighted by Crippen LogP contribution is -2.34. The van der Waals surface area contributed by atoms with Crippen molar-refractivity contribution in [2.45, 2.75) is 19.5 Å². The van der Waals surface area contributed by atoms with E-state index in [1.54, 1.807) is 7.11 Å². The second-order valence-electron chi connectivity index (χ2n) is 5.11. The van der Waals surface area contributed by atoms with Crippen LogP contribution in [0.4, 0.5) is 0 Å². The second-order valence-corrected chi connectivity index (χ2v) is 5.11. The fourth-order valence-electron chi connectivity index (χ4n) is 2.89. The molecule has 0 atom stereocenters. The zero-order valence-corrected chi connectivity index (χ0v) is 11.5. The van der Waals surface area contributed by atoms with Gasteiger partial charge in [-0.1, -0.05) is 12.1 Å². The maximum Gasteiger partial charge on any atom is 0.304 e. The standard InChI is InChI=1S/C15H18N2O3/c1-20-13-4-2-3-11-9-12-10-16(6-5-14(18)19)7-8-17(12)15(11)13/h2-4,9H,5-8,10H2,1H3,(H,18,19). The van der Waals surface area contributed by atoms with Crippen molar-refractivity contribution in [1.29, 1.82) is 0 Å². The van der Waals surface area contributed by atoms with E-state index in [0.717, 1.165) is 30.9 Å². The fraction of sp³-hybridized carbons (Fsp3) is 0.400. The summed E-state index contributed by atoms with van der Waals surface area (Å²) in [6, 6.07) is 8.23. The number of hydrogen-bond donors (Lipinski definition) is 1. The molecule has 1 aromatic heterocycles. The summed E-state index contributed by atoms with van der Waals surface area (Å²) in [4.78, 5) is 12.9. The molecule has 5 nitrogen and oxygen atoms in total. The molecule has 0 aliphatic carbocycles. The Morgan fingerprint density at radius 3 is 3.00 bits per heavy atom. The number of carbonyl (C=O) groups is 1. The monoisotopic (exact) mass is 274 g/mol. The number of carboxylic acids is 1. The van der Waals surface area contributed by atoms with Gasteiger partial charge in [0.15, 0.2) is 0 Å². The van der Waals surface area contributed by atoms with Crippen LogP contribution in [0.1, 0.15) is 12.1 Å². The first kappa shape index (κ1) is 13.0. The van der Waals surface area contributed by atoms with Gasteiger partial charge in [-0.3, -0.25) is 9.69 Å². The molecule has 1 aromatic carbocycles. The Morgan fingerprint density at radius 1 is 1.40 bits per heavy atom. The molecule has 0 saturated heterocycles. The highest BCUT2D eigenvalue weighted by atomic mass is 16.5. The Labute approximate surface area is 117 Å². The van der Waals surface area contributed by atoms with Crippen LogP contribution in [0, 0.1) is 0 Å². The van der Waals surface area contributed by atoms with Crippen LogP contribution < -0.4 is 4.74 Å². The highest BCUT2D eigenvalue weighted by molar-refractivity contribution is 5.87. The molecule has 2 aromatic rings. The molecule has 106 valence electrons. The molecular formula is C15H18N2O3. The Kier molecular flexibility index (Phi) is 3.36. The highest BCUT2D eigenvalue weighted by Crippen LogP contribution is 2.31. The summed E-state index contributed by atoms with van der Waals surface area (Å²) in [5.41, 5.74) is 2.36. The van der Waals surface area contributed by atoms with Gasteiger partial charge in [0.1, 0.15) is 5.75 Å². The molecule has 0 saturated carbocycles. The summed E-state index contributed by atoms with van der Waals surface area (Å²) in [7, 11) is 1.69. The lowest BCUT2D eigenvalue weighted by molar-refractivity contribution is -0.137. The van der Waals surface area contributed by atoms with Gasteiger partial charge in [0, 0.05) is 37.3 Å². The minimum atomic E-state index is -0.738. The number of nitrogens with zero attached hydrogens (tertiary/aromatic N) is 2. The average Bonchev–Trinajstić information content (AvgIpc) is 2.82. The summed E-state index contributed by atoms with van der Waals surface area (Å²) in [5, 5.41) is 9.95. The molecule has 0 spiro atoms. The summed E-state index contributed by atoms with van der Waals surface area (Å²) in [5.74, 6) is 0.158. The van der Waals surface area contributed by atoms with Gasteiger partial charge in [-0.25, -0.2) is 0 Å². The summed E-state index contributed by atoms with van der Waals surface area (Å²) in [6.45, 7) is 3.15. The lowest BCUT2D eigenvalue weighted by Gasteiger charge is -2.28. The first-order valence-electron chi connectivity index (χ1n) is 6.78. The quantitative estimate of drug-likeness (QED) is 0.925. The van der Waals surface area contributed by atoms with Gasteiger partial charge in [-0.2, -0.15) is 0 Å². The van der Waals surface area contributed by atoms with E-state index < -0.39 is 5.97 Å². The number of rotatable bonds is 4. The van der Waals surface area contributed by atoms with Crippen molar-refractivity contribution < 1.29 is 14.6 Å². The number of ether oxygens (including phenoxy) is 1. The highest BCUT2D eigenvalue weighted by Gasteiger charge is 2.20. The molecule has 0 amide bonds. The van der Waals surface area contributed by atoms with E-state index in [1.165, 1.54) is 11.1 Å². The second kappa shape index (κ2) is 5.17. The van der Waals surface area contributed by atoms with Crippen molar-refractivity contribution >= 4 is 16.9 Å². The van der Waals surface area contributed by atoms with Gasteiger partial charge >= 0.3 is 5.97 Å². The van der Waals surface area contributed by atoms with Crippen LogP contribution in [0.25, 0.3) is 10.9 Å².